The molecule has 0 aliphatic carbocycles. The van der Waals surface area contributed by atoms with Gasteiger partial charge in [-0.1, -0.05) is 33.6 Å². The van der Waals surface area contributed by atoms with Crippen LogP contribution in [0.3, 0.4) is 0 Å². The molecule has 15 heavy (non-hydrogen) atoms. The average molecular weight is 212 g/mol. The second kappa shape index (κ2) is 5.86. The SMILES string of the molecule is CCCC1CCN(CC(C)(C)CN)CC1. The Morgan fingerprint density at radius 1 is 1.27 bits per heavy atom. The lowest BCUT2D eigenvalue weighted by Gasteiger charge is -2.36. The van der Waals surface area contributed by atoms with Crippen LogP contribution in [-0.2, 0) is 0 Å². The topological polar surface area (TPSA) is 29.3 Å². The summed E-state index contributed by atoms with van der Waals surface area (Å²) in [4.78, 5) is 2.60. The van der Waals surface area contributed by atoms with Gasteiger partial charge in [-0.3, -0.25) is 0 Å². The summed E-state index contributed by atoms with van der Waals surface area (Å²) in [6.45, 7) is 11.4. The second-order valence-corrected chi connectivity index (χ2v) is 5.88. The third-order valence-corrected chi connectivity index (χ3v) is 3.61. The Morgan fingerprint density at radius 2 is 1.87 bits per heavy atom. The van der Waals surface area contributed by atoms with Gasteiger partial charge in [-0.15, -0.1) is 0 Å². The minimum Gasteiger partial charge on any atom is -0.330 e. The summed E-state index contributed by atoms with van der Waals surface area (Å²) in [5.74, 6) is 0.993. The monoisotopic (exact) mass is 212 g/mol. The molecule has 0 spiro atoms. The number of likely N-dealkylation sites (tertiary alicyclic amines) is 1. The number of hydrogen-bond donors (Lipinski definition) is 1. The number of nitrogens with two attached hydrogens (primary N) is 1. The molecule has 0 aromatic rings. The van der Waals surface area contributed by atoms with Crippen LogP contribution < -0.4 is 5.73 Å². The summed E-state index contributed by atoms with van der Waals surface area (Å²) in [5.41, 5.74) is 6.06. The minimum atomic E-state index is 0.289. The molecule has 0 amide bonds. The molecule has 90 valence electrons. The van der Waals surface area contributed by atoms with Crippen molar-refractivity contribution >= 4 is 0 Å². The zero-order chi connectivity index (χ0) is 11.3. The highest BCUT2D eigenvalue weighted by Crippen LogP contribution is 2.24. The molecular weight excluding hydrogens is 184 g/mol. The summed E-state index contributed by atoms with van der Waals surface area (Å²) in [6, 6.07) is 0. The van der Waals surface area contributed by atoms with Gasteiger partial charge in [-0.05, 0) is 43.8 Å². The van der Waals surface area contributed by atoms with E-state index in [1.54, 1.807) is 0 Å². The summed E-state index contributed by atoms with van der Waals surface area (Å²) >= 11 is 0. The number of nitrogens with zero attached hydrogens (tertiary/aromatic N) is 1. The van der Waals surface area contributed by atoms with E-state index in [0.29, 0.717) is 0 Å². The fourth-order valence-corrected chi connectivity index (χ4v) is 2.51. The van der Waals surface area contributed by atoms with Crippen molar-refractivity contribution in [1.82, 2.24) is 4.90 Å². The summed E-state index contributed by atoms with van der Waals surface area (Å²) in [6.07, 6.45) is 5.57. The maximum atomic E-state index is 5.77. The lowest BCUT2D eigenvalue weighted by molar-refractivity contribution is 0.128. The molecule has 0 aromatic carbocycles. The lowest BCUT2D eigenvalue weighted by atomic mass is 9.89. The smallest absolute Gasteiger partial charge is 0.00448 e. The van der Waals surface area contributed by atoms with E-state index in [1.807, 2.05) is 0 Å². The van der Waals surface area contributed by atoms with E-state index in [9.17, 15) is 0 Å². The van der Waals surface area contributed by atoms with Crippen LogP contribution in [0.15, 0.2) is 0 Å². The van der Waals surface area contributed by atoms with E-state index >= 15 is 0 Å². The Bertz CT molecular complexity index is 169. The van der Waals surface area contributed by atoms with Crippen LogP contribution in [0.4, 0.5) is 0 Å². The first-order valence-corrected chi connectivity index (χ1v) is 6.50. The number of hydrogen-bond acceptors (Lipinski definition) is 2. The van der Waals surface area contributed by atoms with E-state index in [-0.39, 0.29) is 5.41 Å². The second-order valence-electron chi connectivity index (χ2n) is 5.88. The predicted molar refractivity (Wildman–Crippen MR) is 66.9 cm³/mol. The summed E-state index contributed by atoms with van der Waals surface area (Å²) in [7, 11) is 0. The molecule has 0 unspecified atom stereocenters. The van der Waals surface area contributed by atoms with E-state index < -0.39 is 0 Å². The predicted octanol–water partition coefficient (Wildman–Crippen LogP) is 2.48. The molecule has 0 atom stereocenters. The van der Waals surface area contributed by atoms with Crippen LogP contribution in [0.2, 0.25) is 0 Å². The van der Waals surface area contributed by atoms with Gasteiger partial charge in [-0.25, -0.2) is 0 Å². The molecule has 0 saturated carbocycles. The van der Waals surface area contributed by atoms with Gasteiger partial charge in [0.1, 0.15) is 0 Å². The quantitative estimate of drug-likeness (QED) is 0.758. The van der Waals surface area contributed by atoms with Gasteiger partial charge in [0.05, 0.1) is 0 Å². The van der Waals surface area contributed by atoms with Crippen molar-refractivity contribution in [3.8, 4) is 0 Å². The van der Waals surface area contributed by atoms with Gasteiger partial charge in [0.25, 0.3) is 0 Å². The molecule has 2 nitrogen and oxygen atoms in total. The van der Waals surface area contributed by atoms with Gasteiger partial charge in [0, 0.05) is 6.54 Å². The third kappa shape index (κ3) is 4.52. The fourth-order valence-electron chi connectivity index (χ4n) is 2.51. The highest BCUT2D eigenvalue weighted by Gasteiger charge is 2.24. The molecule has 1 fully saturated rings. The zero-order valence-electron chi connectivity index (χ0n) is 10.8. The Morgan fingerprint density at radius 3 is 2.33 bits per heavy atom. The van der Waals surface area contributed by atoms with Gasteiger partial charge >= 0.3 is 0 Å². The Balaban J connectivity index is 2.25. The van der Waals surface area contributed by atoms with Crippen molar-refractivity contribution in [2.24, 2.45) is 17.1 Å². The Kier molecular flexibility index (Phi) is 5.07. The standard InChI is InChI=1S/C13H28N2/c1-4-5-12-6-8-15(9-7-12)11-13(2,3)10-14/h12H,4-11,14H2,1-3H3. The molecular formula is C13H28N2. The molecule has 0 aromatic heterocycles. The fraction of sp³-hybridized carbons (Fsp3) is 1.00. The van der Waals surface area contributed by atoms with Gasteiger partial charge < -0.3 is 10.6 Å². The first kappa shape index (κ1) is 13.0. The lowest BCUT2D eigenvalue weighted by Crippen LogP contribution is -2.42. The maximum Gasteiger partial charge on any atom is 0.00448 e. The third-order valence-electron chi connectivity index (χ3n) is 3.61. The molecule has 0 bridgehead atoms. The number of rotatable bonds is 5. The molecule has 1 rings (SSSR count). The van der Waals surface area contributed by atoms with Crippen molar-refractivity contribution in [3.63, 3.8) is 0 Å². The summed E-state index contributed by atoms with van der Waals surface area (Å²) < 4.78 is 0. The van der Waals surface area contributed by atoms with E-state index in [2.05, 4.69) is 25.7 Å². The minimum absolute atomic E-state index is 0.289. The first-order valence-electron chi connectivity index (χ1n) is 6.50. The molecule has 2 N–H and O–H groups in total. The normalized spacial score (nSPS) is 20.8. The Hall–Kier alpha value is -0.0800. The van der Waals surface area contributed by atoms with Crippen LogP contribution in [-0.4, -0.2) is 31.1 Å². The molecule has 0 radical (unpaired) electrons. The van der Waals surface area contributed by atoms with Crippen molar-refractivity contribution in [2.45, 2.75) is 46.5 Å². The zero-order valence-corrected chi connectivity index (χ0v) is 10.8. The van der Waals surface area contributed by atoms with Crippen molar-refractivity contribution in [2.75, 3.05) is 26.2 Å². The van der Waals surface area contributed by atoms with Crippen LogP contribution in [0.5, 0.6) is 0 Å². The van der Waals surface area contributed by atoms with Crippen LogP contribution in [0.25, 0.3) is 0 Å². The van der Waals surface area contributed by atoms with Crippen LogP contribution in [0, 0.1) is 11.3 Å². The number of piperidine rings is 1. The Labute approximate surface area is 95.2 Å². The van der Waals surface area contributed by atoms with Gasteiger partial charge in [0.15, 0.2) is 0 Å². The highest BCUT2D eigenvalue weighted by molar-refractivity contribution is 4.78. The largest absolute Gasteiger partial charge is 0.330 e. The van der Waals surface area contributed by atoms with Crippen molar-refractivity contribution < 1.29 is 0 Å². The van der Waals surface area contributed by atoms with Crippen LogP contribution in [0.1, 0.15) is 46.5 Å². The first-order chi connectivity index (χ1) is 7.07. The van der Waals surface area contributed by atoms with Crippen molar-refractivity contribution in [3.05, 3.63) is 0 Å². The molecule has 1 heterocycles. The average Bonchev–Trinajstić information content (AvgIpc) is 2.21. The van der Waals surface area contributed by atoms with Gasteiger partial charge in [0.2, 0.25) is 0 Å². The maximum absolute atomic E-state index is 5.77. The van der Waals surface area contributed by atoms with Crippen LogP contribution >= 0.6 is 0 Å². The van der Waals surface area contributed by atoms with E-state index in [4.69, 9.17) is 5.73 Å². The van der Waals surface area contributed by atoms with Crippen molar-refractivity contribution in [1.29, 1.82) is 0 Å². The van der Waals surface area contributed by atoms with E-state index in [1.165, 1.54) is 45.3 Å². The van der Waals surface area contributed by atoms with Gasteiger partial charge in [-0.2, -0.15) is 0 Å². The van der Waals surface area contributed by atoms with E-state index in [0.717, 1.165) is 12.5 Å². The molecule has 1 saturated heterocycles. The molecule has 2 heteroatoms. The molecule has 1 aliphatic rings. The highest BCUT2D eigenvalue weighted by atomic mass is 15.1. The molecule has 1 aliphatic heterocycles. The summed E-state index contributed by atoms with van der Waals surface area (Å²) in [5, 5.41) is 0.